The van der Waals surface area contributed by atoms with Crippen molar-refractivity contribution in [2.75, 3.05) is 19.6 Å². The number of aliphatic hydroxyl groups is 1. The maximum atomic E-state index is 11.8. The number of hydrazine groups is 1. The monoisotopic (exact) mass is 291 g/mol. The number of piperidine rings is 1. The zero-order valence-corrected chi connectivity index (χ0v) is 12.1. The van der Waals surface area contributed by atoms with Crippen molar-refractivity contribution in [3.63, 3.8) is 0 Å². The standard InChI is InChI=1S/C15H21N3O3/c1-11-7-8-18(9-13(11)19)10-14(20)16-17-15(21)12-5-3-2-4-6-12/h2-6,11,13,19H,7-10H2,1H3,(H,16,20)(H,17,21). The minimum absolute atomic E-state index is 0.166. The summed E-state index contributed by atoms with van der Waals surface area (Å²) in [6, 6.07) is 8.67. The van der Waals surface area contributed by atoms with Gasteiger partial charge in [-0.15, -0.1) is 0 Å². The number of aliphatic hydroxyl groups excluding tert-OH is 1. The van der Waals surface area contributed by atoms with Crippen LogP contribution in [-0.2, 0) is 4.79 Å². The number of nitrogens with zero attached hydrogens (tertiary/aromatic N) is 1. The minimum Gasteiger partial charge on any atom is -0.392 e. The summed E-state index contributed by atoms with van der Waals surface area (Å²) in [5.41, 5.74) is 5.26. The van der Waals surface area contributed by atoms with Gasteiger partial charge in [-0.1, -0.05) is 25.1 Å². The van der Waals surface area contributed by atoms with Gasteiger partial charge in [-0.05, 0) is 31.0 Å². The highest BCUT2D eigenvalue weighted by Crippen LogP contribution is 2.16. The molecule has 1 aromatic carbocycles. The Labute approximate surface area is 124 Å². The highest BCUT2D eigenvalue weighted by molar-refractivity contribution is 5.95. The van der Waals surface area contributed by atoms with Gasteiger partial charge in [0.25, 0.3) is 11.8 Å². The van der Waals surface area contributed by atoms with Gasteiger partial charge in [-0.25, -0.2) is 0 Å². The van der Waals surface area contributed by atoms with Crippen LogP contribution in [0.25, 0.3) is 0 Å². The van der Waals surface area contributed by atoms with E-state index >= 15 is 0 Å². The Morgan fingerprint density at radius 3 is 2.67 bits per heavy atom. The third kappa shape index (κ3) is 4.54. The van der Waals surface area contributed by atoms with Crippen LogP contribution >= 0.6 is 0 Å². The van der Waals surface area contributed by atoms with E-state index in [-0.39, 0.29) is 24.3 Å². The lowest BCUT2D eigenvalue weighted by atomic mass is 9.96. The Balaban J connectivity index is 1.74. The summed E-state index contributed by atoms with van der Waals surface area (Å²) in [5, 5.41) is 9.78. The maximum absolute atomic E-state index is 11.8. The Morgan fingerprint density at radius 1 is 1.29 bits per heavy atom. The number of amides is 2. The van der Waals surface area contributed by atoms with Crippen molar-refractivity contribution in [1.29, 1.82) is 0 Å². The molecule has 21 heavy (non-hydrogen) atoms. The molecule has 6 heteroatoms. The molecule has 0 bridgehead atoms. The first-order valence-corrected chi connectivity index (χ1v) is 7.11. The zero-order valence-electron chi connectivity index (χ0n) is 12.1. The molecular formula is C15H21N3O3. The molecule has 0 aromatic heterocycles. The van der Waals surface area contributed by atoms with Crippen LogP contribution in [0.4, 0.5) is 0 Å². The summed E-state index contributed by atoms with van der Waals surface area (Å²) in [7, 11) is 0. The summed E-state index contributed by atoms with van der Waals surface area (Å²) < 4.78 is 0. The fourth-order valence-corrected chi connectivity index (χ4v) is 2.29. The van der Waals surface area contributed by atoms with Crippen LogP contribution < -0.4 is 10.9 Å². The fraction of sp³-hybridized carbons (Fsp3) is 0.467. The van der Waals surface area contributed by atoms with Crippen LogP contribution in [0.2, 0.25) is 0 Å². The third-order valence-corrected chi connectivity index (χ3v) is 3.72. The molecule has 0 radical (unpaired) electrons. The lowest BCUT2D eigenvalue weighted by Gasteiger charge is -2.33. The second-order valence-corrected chi connectivity index (χ2v) is 5.44. The van der Waals surface area contributed by atoms with E-state index in [1.807, 2.05) is 17.9 Å². The molecule has 2 atom stereocenters. The van der Waals surface area contributed by atoms with E-state index in [2.05, 4.69) is 10.9 Å². The Morgan fingerprint density at radius 2 is 2.00 bits per heavy atom. The van der Waals surface area contributed by atoms with Gasteiger partial charge in [0.2, 0.25) is 0 Å². The lowest BCUT2D eigenvalue weighted by Crippen LogP contribution is -2.50. The van der Waals surface area contributed by atoms with E-state index in [1.165, 1.54) is 0 Å². The van der Waals surface area contributed by atoms with Gasteiger partial charge < -0.3 is 5.11 Å². The van der Waals surface area contributed by atoms with E-state index in [4.69, 9.17) is 0 Å². The first-order chi connectivity index (χ1) is 10.1. The molecule has 0 spiro atoms. The van der Waals surface area contributed by atoms with E-state index < -0.39 is 6.10 Å². The molecule has 6 nitrogen and oxygen atoms in total. The number of benzene rings is 1. The molecule has 2 unspecified atom stereocenters. The van der Waals surface area contributed by atoms with Gasteiger partial charge >= 0.3 is 0 Å². The summed E-state index contributed by atoms with van der Waals surface area (Å²) >= 11 is 0. The average molecular weight is 291 g/mol. The Kier molecular flexibility index (Phi) is 5.30. The molecule has 0 aliphatic carbocycles. The predicted molar refractivity (Wildman–Crippen MR) is 78.3 cm³/mol. The number of carbonyl (C=O) groups is 2. The Bertz CT molecular complexity index is 492. The summed E-state index contributed by atoms with van der Waals surface area (Å²) in [6.45, 7) is 3.43. The topological polar surface area (TPSA) is 81.7 Å². The molecule has 1 aromatic rings. The maximum Gasteiger partial charge on any atom is 0.269 e. The number of carbonyl (C=O) groups excluding carboxylic acids is 2. The molecule has 3 N–H and O–H groups in total. The van der Waals surface area contributed by atoms with Crippen LogP contribution in [0.1, 0.15) is 23.7 Å². The first-order valence-electron chi connectivity index (χ1n) is 7.11. The SMILES string of the molecule is CC1CCN(CC(=O)NNC(=O)c2ccccc2)CC1O. The van der Waals surface area contributed by atoms with Crippen LogP contribution in [-0.4, -0.2) is 47.6 Å². The molecule has 2 rings (SSSR count). The lowest BCUT2D eigenvalue weighted by molar-refractivity contribution is -0.124. The second-order valence-electron chi connectivity index (χ2n) is 5.44. The van der Waals surface area contributed by atoms with Gasteiger partial charge in [0, 0.05) is 12.1 Å². The van der Waals surface area contributed by atoms with Crippen molar-refractivity contribution in [1.82, 2.24) is 15.8 Å². The van der Waals surface area contributed by atoms with E-state index in [0.29, 0.717) is 12.1 Å². The highest BCUT2D eigenvalue weighted by Gasteiger charge is 2.25. The number of hydrogen-bond donors (Lipinski definition) is 3. The molecule has 1 fully saturated rings. The average Bonchev–Trinajstić information content (AvgIpc) is 2.49. The number of likely N-dealkylation sites (tertiary alicyclic amines) is 1. The van der Waals surface area contributed by atoms with Crippen molar-refractivity contribution in [2.24, 2.45) is 5.92 Å². The molecule has 1 saturated heterocycles. The molecule has 114 valence electrons. The predicted octanol–water partition coefficient (Wildman–Crippen LogP) is 0.150. The highest BCUT2D eigenvalue weighted by atomic mass is 16.3. The molecule has 1 heterocycles. The van der Waals surface area contributed by atoms with Gasteiger partial charge in [0.05, 0.1) is 12.6 Å². The van der Waals surface area contributed by atoms with Gasteiger partial charge in [-0.2, -0.15) is 0 Å². The van der Waals surface area contributed by atoms with Gasteiger partial charge in [0.1, 0.15) is 0 Å². The second kappa shape index (κ2) is 7.19. The molecule has 0 saturated carbocycles. The number of β-amino-alcohol motifs (C(OH)–C–C–N with tert-alkyl or cyclic N) is 1. The fourth-order valence-electron chi connectivity index (χ4n) is 2.29. The van der Waals surface area contributed by atoms with Crippen LogP contribution in [0, 0.1) is 5.92 Å². The molecule has 2 amide bonds. The number of nitrogens with one attached hydrogen (secondary N) is 2. The van der Waals surface area contributed by atoms with Crippen molar-refractivity contribution in [3.8, 4) is 0 Å². The summed E-state index contributed by atoms with van der Waals surface area (Å²) in [6.07, 6.45) is 0.468. The number of hydrogen-bond acceptors (Lipinski definition) is 4. The van der Waals surface area contributed by atoms with Crippen LogP contribution in [0.15, 0.2) is 30.3 Å². The zero-order chi connectivity index (χ0) is 15.2. The molecular weight excluding hydrogens is 270 g/mol. The number of rotatable bonds is 3. The Hall–Kier alpha value is -1.92. The third-order valence-electron chi connectivity index (χ3n) is 3.72. The first kappa shape index (κ1) is 15.5. The van der Waals surface area contributed by atoms with Gasteiger partial charge in [0.15, 0.2) is 0 Å². The summed E-state index contributed by atoms with van der Waals surface area (Å²) in [4.78, 5) is 25.4. The van der Waals surface area contributed by atoms with E-state index in [0.717, 1.165) is 13.0 Å². The van der Waals surface area contributed by atoms with Crippen LogP contribution in [0.5, 0.6) is 0 Å². The van der Waals surface area contributed by atoms with Gasteiger partial charge in [-0.3, -0.25) is 25.3 Å². The van der Waals surface area contributed by atoms with Crippen molar-refractivity contribution >= 4 is 11.8 Å². The quantitative estimate of drug-likeness (QED) is 0.693. The van der Waals surface area contributed by atoms with Crippen molar-refractivity contribution in [3.05, 3.63) is 35.9 Å². The van der Waals surface area contributed by atoms with E-state index in [1.54, 1.807) is 24.3 Å². The molecule has 1 aliphatic rings. The normalized spacial score (nSPS) is 22.6. The smallest absolute Gasteiger partial charge is 0.269 e. The molecule has 1 aliphatic heterocycles. The van der Waals surface area contributed by atoms with E-state index in [9.17, 15) is 14.7 Å². The van der Waals surface area contributed by atoms with Crippen molar-refractivity contribution < 1.29 is 14.7 Å². The minimum atomic E-state index is -0.398. The van der Waals surface area contributed by atoms with Crippen LogP contribution in [0.3, 0.4) is 0 Å². The largest absolute Gasteiger partial charge is 0.392 e. The summed E-state index contributed by atoms with van der Waals surface area (Å²) in [5.74, 6) is -0.376. The van der Waals surface area contributed by atoms with Crippen molar-refractivity contribution in [2.45, 2.75) is 19.4 Å².